The standard InChI is InChI=1S/C14H19N3O2/c1-2-3-7-13(18)16-9-5-10-17-14(19)12-6-4-8-15-11-12/h3-4,6-8,11H,2,5,9-10H2,1H3,(H,16,18)(H,17,19)/b7-3+. The van der Waals surface area contributed by atoms with Gasteiger partial charge in [0.2, 0.25) is 5.91 Å². The molecule has 0 atom stereocenters. The maximum absolute atomic E-state index is 11.6. The number of allylic oxidation sites excluding steroid dienone is 1. The summed E-state index contributed by atoms with van der Waals surface area (Å²) in [7, 11) is 0. The van der Waals surface area contributed by atoms with Gasteiger partial charge in [0.15, 0.2) is 0 Å². The quantitative estimate of drug-likeness (QED) is 0.574. The molecular weight excluding hydrogens is 242 g/mol. The number of hydrogen-bond donors (Lipinski definition) is 2. The van der Waals surface area contributed by atoms with Crippen LogP contribution in [0.5, 0.6) is 0 Å². The molecule has 5 heteroatoms. The number of amides is 2. The second kappa shape index (κ2) is 8.85. The van der Waals surface area contributed by atoms with Crippen molar-refractivity contribution >= 4 is 11.8 Å². The van der Waals surface area contributed by atoms with E-state index in [9.17, 15) is 9.59 Å². The highest BCUT2D eigenvalue weighted by Crippen LogP contribution is 1.94. The molecule has 0 spiro atoms. The number of carbonyl (C=O) groups excluding carboxylic acids is 2. The molecule has 0 saturated carbocycles. The number of hydrogen-bond acceptors (Lipinski definition) is 3. The molecule has 1 rings (SSSR count). The van der Waals surface area contributed by atoms with Crippen molar-refractivity contribution in [3.63, 3.8) is 0 Å². The van der Waals surface area contributed by atoms with E-state index in [0.29, 0.717) is 25.1 Å². The van der Waals surface area contributed by atoms with Gasteiger partial charge in [-0.15, -0.1) is 0 Å². The molecule has 0 aliphatic heterocycles. The molecule has 0 aromatic carbocycles. The highest BCUT2D eigenvalue weighted by Gasteiger charge is 2.03. The van der Waals surface area contributed by atoms with Crippen LogP contribution in [0.4, 0.5) is 0 Å². The third kappa shape index (κ3) is 6.35. The van der Waals surface area contributed by atoms with Crippen LogP contribution in [-0.2, 0) is 4.79 Å². The normalized spacial score (nSPS) is 10.4. The molecule has 2 amide bonds. The Bertz CT molecular complexity index is 430. The summed E-state index contributed by atoms with van der Waals surface area (Å²) < 4.78 is 0. The van der Waals surface area contributed by atoms with E-state index in [4.69, 9.17) is 0 Å². The van der Waals surface area contributed by atoms with Crippen molar-refractivity contribution in [2.24, 2.45) is 0 Å². The Balaban J connectivity index is 2.13. The molecule has 5 nitrogen and oxygen atoms in total. The lowest BCUT2D eigenvalue weighted by Crippen LogP contribution is -2.29. The fourth-order valence-electron chi connectivity index (χ4n) is 1.38. The Hall–Kier alpha value is -2.17. The van der Waals surface area contributed by atoms with Gasteiger partial charge in [0.1, 0.15) is 0 Å². The van der Waals surface area contributed by atoms with Gasteiger partial charge < -0.3 is 10.6 Å². The summed E-state index contributed by atoms with van der Waals surface area (Å²) in [6, 6.07) is 3.43. The average Bonchev–Trinajstić information content (AvgIpc) is 2.45. The van der Waals surface area contributed by atoms with Crippen molar-refractivity contribution in [2.45, 2.75) is 19.8 Å². The molecule has 1 aromatic rings. The fraction of sp³-hybridized carbons (Fsp3) is 0.357. The largest absolute Gasteiger partial charge is 0.352 e. The summed E-state index contributed by atoms with van der Waals surface area (Å²) in [4.78, 5) is 26.7. The van der Waals surface area contributed by atoms with Gasteiger partial charge in [-0.2, -0.15) is 0 Å². The molecule has 0 fully saturated rings. The summed E-state index contributed by atoms with van der Waals surface area (Å²) in [6.45, 7) is 3.03. The Labute approximate surface area is 113 Å². The number of pyridine rings is 1. The van der Waals surface area contributed by atoms with E-state index < -0.39 is 0 Å². The molecule has 0 saturated heterocycles. The van der Waals surface area contributed by atoms with Gasteiger partial charge in [0.25, 0.3) is 5.91 Å². The molecule has 1 aromatic heterocycles. The summed E-state index contributed by atoms with van der Waals surface area (Å²) in [6.07, 6.45) is 8.00. The SMILES string of the molecule is CC/C=C/C(=O)NCCCNC(=O)c1cccnc1. The monoisotopic (exact) mass is 261 g/mol. The minimum absolute atomic E-state index is 0.0968. The average molecular weight is 261 g/mol. The summed E-state index contributed by atoms with van der Waals surface area (Å²) in [5, 5.41) is 5.51. The van der Waals surface area contributed by atoms with Crippen LogP contribution < -0.4 is 10.6 Å². The van der Waals surface area contributed by atoms with Crippen molar-refractivity contribution in [1.29, 1.82) is 0 Å². The zero-order valence-corrected chi connectivity index (χ0v) is 11.1. The van der Waals surface area contributed by atoms with Crippen LogP contribution in [0.15, 0.2) is 36.7 Å². The van der Waals surface area contributed by atoms with Crippen LogP contribution >= 0.6 is 0 Å². The van der Waals surface area contributed by atoms with Crippen LogP contribution in [0.2, 0.25) is 0 Å². The molecule has 0 aliphatic carbocycles. The minimum atomic E-state index is -0.148. The predicted molar refractivity (Wildman–Crippen MR) is 73.6 cm³/mol. The highest BCUT2D eigenvalue weighted by atomic mass is 16.2. The van der Waals surface area contributed by atoms with E-state index in [2.05, 4.69) is 15.6 Å². The lowest BCUT2D eigenvalue weighted by atomic mass is 10.2. The molecule has 2 N–H and O–H groups in total. The Morgan fingerprint density at radius 1 is 1.32 bits per heavy atom. The molecule has 0 unspecified atom stereocenters. The maximum atomic E-state index is 11.6. The van der Waals surface area contributed by atoms with Gasteiger partial charge in [0.05, 0.1) is 5.56 Å². The third-order valence-corrected chi connectivity index (χ3v) is 2.37. The molecular formula is C14H19N3O2. The van der Waals surface area contributed by atoms with E-state index in [-0.39, 0.29) is 11.8 Å². The van der Waals surface area contributed by atoms with E-state index in [1.807, 2.05) is 6.92 Å². The molecule has 1 heterocycles. The number of rotatable bonds is 7. The number of nitrogens with one attached hydrogen (secondary N) is 2. The number of nitrogens with zero attached hydrogens (tertiary/aromatic N) is 1. The number of aromatic nitrogens is 1. The molecule has 102 valence electrons. The smallest absolute Gasteiger partial charge is 0.252 e. The van der Waals surface area contributed by atoms with Crippen molar-refractivity contribution in [3.8, 4) is 0 Å². The summed E-state index contributed by atoms with van der Waals surface area (Å²) in [5.41, 5.74) is 0.539. The first-order chi connectivity index (χ1) is 9.24. The van der Waals surface area contributed by atoms with Gasteiger partial charge in [-0.25, -0.2) is 0 Å². The molecule has 0 radical (unpaired) electrons. The van der Waals surface area contributed by atoms with Gasteiger partial charge >= 0.3 is 0 Å². The van der Waals surface area contributed by atoms with Crippen molar-refractivity contribution in [1.82, 2.24) is 15.6 Å². The van der Waals surface area contributed by atoms with E-state index in [0.717, 1.165) is 6.42 Å². The lowest BCUT2D eigenvalue weighted by Gasteiger charge is -2.05. The van der Waals surface area contributed by atoms with Crippen LogP contribution in [-0.4, -0.2) is 29.9 Å². The van der Waals surface area contributed by atoms with Gasteiger partial charge in [-0.05, 0) is 31.1 Å². The topological polar surface area (TPSA) is 71.1 Å². The van der Waals surface area contributed by atoms with E-state index >= 15 is 0 Å². The van der Waals surface area contributed by atoms with Gasteiger partial charge in [-0.1, -0.05) is 13.0 Å². The first kappa shape index (κ1) is 14.9. The number of carbonyl (C=O) groups is 2. The van der Waals surface area contributed by atoms with E-state index in [1.54, 1.807) is 24.4 Å². The summed E-state index contributed by atoms with van der Waals surface area (Å²) >= 11 is 0. The lowest BCUT2D eigenvalue weighted by molar-refractivity contribution is -0.116. The molecule has 19 heavy (non-hydrogen) atoms. The maximum Gasteiger partial charge on any atom is 0.252 e. The van der Waals surface area contributed by atoms with Crippen molar-refractivity contribution in [2.75, 3.05) is 13.1 Å². The second-order valence-corrected chi connectivity index (χ2v) is 3.95. The van der Waals surface area contributed by atoms with Gasteiger partial charge in [-0.3, -0.25) is 14.6 Å². The highest BCUT2D eigenvalue weighted by molar-refractivity contribution is 5.93. The zero-order chi connectivity index (χ0) is 13.9. The first-order valence-electron chi connectivity index (χ1n) is 6.36. The van der Waals surface area contributed by atoms with Crippen molar-refractivity contribution < 1.29 is 9.59 Å². The Morgan fingerprint density at radius 3 is 2.79 bits per heavy atom. The zero-order valence-electron chi connectivity index (χ0n) is 11.1. The minimum Gasteiger partial charge on any atom is -0.352 e. The van der Waals surface area contributed by atoms with Gasteiger partial charge in [0, 0.05) is 25.5 Å². The molecule has 0 aliphatic rings. The van der Waals surface area contributed by atoms with E-state index in [1.165, 1.54) is 12.3 Å². The van der Waals surface area contributed by atoms with Crippen LogP contribution in [0, 0.1) is 0 Å². The van der Waals surface area contributed by atoms with Crippen LogP contribution in [0.1, 0.15) is 30.1 Å². The second-order valence-electron chi connectivity index (χ2n) is 3.95. The Kier molecular flexibility index (Phi) is 6.94. The predicted octanol–water partition coefficient (Wildman–Crippen LogP) is 1.28. The Morgan fingerprint density at radius 2 is 2.11 bits per heavy atom. The third-order valence-electron chi connectivity index (χ3n) is 2.37. The fourth-order valence-corrected chi connectivity index (χ4v) is 1.38. The first-order valence-corrected chi connectivity index (χ1v) is 6.36. The van der Waals surface area contributed by atoms with Crippen LogP contribution in [0.25, 0.3) is 0 Å². The summed E-state index contributed by atoms with van der Waals surface area (Å²) in [5.74, 6) is -0.245. The molecule has 0 bridgehead atoms. The van der Waals surface area contributed by atoms with Crippen molar-refractivity contribution in [3.05, 3.63) is 42.2 Å². The van der Waals surface area contributed by atoms with Crippen LogP contribution in [0.3, 0.4) is 0 Å².